The Labute approximate surface area is 238 Å². The molecule has 0 aromatic carbocycles. The number of carbonyl (C=O) groups is 5. The lowest BCUT2D eigenvalue weighted by Crippen LogP contribution is -2.18. The van der Waals surface area contributed by atoms with Crippen molar-refractivity contribution in [1.82, 2.24) is 0 Å². The van der Waals surface area contributed by atoms with Crippen LogP contribution in [0.1, 0.15) is 129 Å². The quantitative estimate of drug-likeness (QED) is 0.0498. The predicted molar refractivity (Wildman–Crippen MR) is 146 cm³/mol. The van der Waals surface area contributed by atoms with Gasteiger partial charge in [-0.1, -0.05) is 90.9 Å². The van der Waals surface area contributed by atoms with Crippen molar-refractivity contribution >= 4 is 30.0 Å². The highest BCUT2D eigenvalue weighted by molar-refractivity contribution is 5.78. The van der Waals surface area contributed by atoms with E-state index < -0.39 is 43.6 Å². The lowest BCUT2D eigenvalue weighted by molar-refractivity contribution is -0.161. The van der Waals surface area contributed by atoms with Crippen molar-refractivity contribution in [2.75, 3.05) is 26.8 Å². The summed E-state index contributed by atoms with van der Waals surface area (Å²) in [5.41, 5.74) is 0. The molecule has 0 saturated heterocycles. The van der Waals surface area contributed by atoms with Gasteiger partial charge >= 0.3 is 30.0 Å². The van der Waals surface area contributed by atoms with Gasteiger partial charge < -0.3 is 28.4 Å². The van der Waals surface area contributed by atoms with Crippen LogP contribution in [0.3, 0.4) is 0 Å². The van der Waals surface area contributed by atoms with E-state index in [0.29, 0.717) is 13.2 Å². The first kappa shape index (κ1) is 37.1. The Bertz CT molecular complexity index is 637. The molecule has 232 valence electrons. The van der Waals surface area contributed by atoms with Crippen LogP contribution in [0, 0.1) is 0 Å². The highest BCUT2D eigenvalue weighted by Crippen LogP contribution is 2.08. The topological polar surface area (TPSA) is 141 Å². The molecular weight excluding hydrogens is 524 g/mol. The molecular formula is C29H50O11. The van der Waals surface area contributed by atoms with Crippen molar-refractivity contribution in [2.24, 2.45) is 0 Å². The molecule has 0 rings (SSSR count). The van der Waals surface area contributed by atoms with Gasteiger partial charge in [-0.3, -0.25) is 19.2 Å². The molecule has 0 aliphatic carbocycles. The molecule has 0 atom stereocenters. The summed E-state index contributed by atoms with van der Waals surface area (Å²) < 4.78 is 28.6. The van der Waals surface area contributed by atoms with Gasteiger partial charge in [0.05, 0.1) is 38.9 Å². The van der Waals surface area contributed by atoms with E-state index in [1.165, 1.54) is 51.4 Å². The second-order valence-electron chi connectivity index (χ2n) is 9.49. The van der Waals surface area contributed by atoms with Crippen molar-refractivity contribution in [3.05, 3.63) is 0 Å². The van der Waals surface area contributed by atoms with E-state index in [9.17, 15) is 24.0 Å². The van der Waals surface area contributed by atoms with Gasteiger partial charge in [-0.15, -0.1) is 0 Å². The van der Waals surface area contributed by atoms with Crippen molar-refractivity contribution < 1.29 is 52.4 Å². The highest BCUT2D eigenvalue weighted by atomic mass is 16.8. The predicted octanol–water partition coefficient (Wildman–Crippen LogP) is 6.29. The van der Waals surface area contributed by atoms with Crippen LogP contribution in [-0.4, -0.2) is 56.8 Å². The molecule has 11 heteroatoms. The van der Waals surface area contributed by atoms with Crippen LogP contribution >= 0.6 is 0 Å². The minimum absolute atomic E-state index is 0.137. The van der Waals surface area contributed by atoms with Gasteiger partial charge in [0.2, 0.25) is 13.6 Å². The molecule has 0 unspecified atom stereocenters. The summed E-state index contributed by atoms with van der Waals surface area (Å²) in [6.07, 6.45) is 13.6. The largest absolute Gasteiger partial charge is 0.514 e. The maximum Gasteiger partial charge on any atom is 0.514 e. The van der Waals surface area contributed by atoms with E-state index in [0.717, 1.165) is 38.5 Å². The molecule has 0 aromatic heterocycles. The van der Waals surface area contributed by atoms with E-state index in [1.54, 1.807) is 0 Å². The van der Waals surface area contributed by atoms with Gasteiger partial charge in [-0.2, -0.15) is 0 Å². The van der Waals surface area contributed by atoms with Gasteiger partial charge in [-0.05, 0) is 12.8 Å². The first-order valence-corrected chi connectivity index (χ1v) is 14.8. The molecule has 0 aliphatic heterocycles. The third-order valence-corrected chi connectivity index (χ3v) is 5.88. The summed E-state index contributed by atoms with van der Waals surface area (Å²) in [7, 11) is 0. The van der Waals surface area contributed by atoms with E-state index in [1.807, 2.05) is 0 Å². The van der Waals surface area contributed by atoms with Crippen LogP contribution in [0.2, 0.25) is 0 Å². The summed E-state index contributed by atoms with van der Waals surface area (Å²) in [6.45, 7) is 3.55. The standard InChI is InChI=1S/C29H50O11/c1-3-5-7-9-11-13-15-21-35-25(30)17-19-27(32)37-23-39-29(34)40-24-38-28(33)20-18-26(31)36-22-16-14-12-10-8-6-4-2/h3-24H2,1-2H3. The number of unbranched alkanes of at least 4 members (excludes halogenated alkanes) is 12. The lowest BCUT2D eigenvalue weighted by Gasteiger charge is -2.08. The van der Waals surface area contributed by atoms with Gasteiger partial charge in [0.15, 0.2) is 0 Å². The Morgan fingerprint density at radius 3 is 1.02 bits per heavy atom. The third-order valence-electron chi connectivity index (χ3n) is 5.88. The lowest BCUT2D eigenvalue weighted by atomic mass is 10.1. The Balaban J connectivity index is 3.62. The fourth-order valence-corrected chi connectivity index (χ4v) is 3.52. The van der Waals surface area contributed by atoms with Gasteiger partial charge in [0.1, 0.15) is 0 Å². The molecule has 11 nitrogen and oxygen atoms in total. The normalized spacial score (nSPS) is 10.4. The first-order valence-electron chi connectivity index (χ1n) is 14.8. The zero-order valence-corrected chi connectivity index (χ0v) is 24.5. The zero-order valence-electron chi connectivity index (χ0n) is 24.5. The summed E-state index contributed by atoms with van der Waals surface area (Å²) in [5.74, 6) is -2.48. The first-order chi connectivity index (χ1) is 19.4. The van der Waals surface area contributed by atoms with E-state index in [2.05, 4.69) is 32.8 Å². The number of rotatable bonds is 26. The fourth-order valence-electron chi connectivity index (χ4n) is 3.52. The highest BCUT2D eigenvalue weighted by Gasteiger charge is 2.13. The molecule has 0 radical (unpaired) electrons. The monoisotopic (exact) mass is 574 g/mol. The Morgan fingerprint density at radius 2 is 0.675 bits per heavy atom. The Kier molecular flexibility index (Phi) is 25.7. The molecule has 0 heterocycles. The Morgan fingerprint density at radius 1 is 0.375 bits per heavy atom. The maximum atomic E-state index is 11.7. The number of hydrogen-bond acceptors (Lipinski definition) is 11. The molecule has 0 amide bonds. The molecule has 40 heavy (non-hydrogen) atoms. The number of ether oxygens (including phenoxy) is 6. The minimum atomic E-state index is -1.22. The molecule has 0 aromatic rings. The average molecular weight is 575 g/mol. The molecule has 0 aliphatic rings. The van der Waals surface area contributed by atoms with Gasteiger partial charge in [-0.25, -0.2) is 4.79 Å². The second-order valence-corrected chi connectivity index (χ2v) is 9.49. The third kappa shape index (κ3) is 26.7. The van der Waals surface area contributed by atoms with E-state index in [-0.39, 0.29) is 25.7 Å². The second kappa shape index (κ2) is 27.7. The molecule has 0 N–H and O–H groups in total. The number of carbonyl (C=O) groups excluding carboxylic acids is 5. The number of hydrogen-bond donors (Lipinski definition) is 0. The molecule has 0 saturated carbocycles. The van der Waals surface area contributed by atoms with Crippen molar-refractivity contribution in [1.29, 1.82) is 0 Å². The van der Waals surface area contributed by atoms with Gasteiger partial charge in [0, 0.05) is 0 Å². The minimum Gasteiger partial charge on any atom is -0.466 e. The Hall–Kier alpha value is -2.85. The zero-order chi connectivity index (χ0) is 29.7. The smallest absolute Gasteiger partial charge is 0.466 e. The van der Waals surface area contributed by atoms with Crippen LogP contribution < -0.4 is 0 Å². The average Bonchev–Trinajstić information content (AvgIpc) is 2.93. The van der Waals surface area contributed by atoms with Crippen LogP contribution in [0.15, 0.2) is 0 Å². The maximum absolute atomic E-state index is 11.7. The van der Waals surface area contributed by atoms with Crippen LogP contribution in [0.25, 0.3) is 0 Å². The summed E-state index contributed by atoms with van der Waals surface area (Å²) in [5, 5.41) is 0. The summed E-state index contributed by atoms with van der Waals surface area (Å²) in [4.78, 5) is 58.1. The molecule has 0 fully saturated rings. The van der Waals surface area contributed by atoms with Crippen molar-refractivity contribution in [3.63, 3.8) is 0 Å². The molecule has 0 bridgehead atoms. The summed E-state index contributed by atoms with van der Waals surface area (Å²) >= 11 is 0. The van der Waals surface area contributed by atoms with Gasteiger partial charge in [0.25, 0.3) is 0 Å². The number of esters is 4. The van der Waals surface area contributed by atoms with E-state index >= 15 is 0 Å². The van der Waals surface area contributed by atoms with Crippen molar-refractivity contribution in [2.45, 2.75) is 129 Å². The van der Waals surface area contributed by atoms with Crippen LogP contribution in [-0.2, 0) is 47.6 Å². The van der Waals surface area contributed by atoms with Crippen molar-refractivity contribution in [3.8, 4) is 0 Å². The molecule has 0 spiro atoms. The fraction of sp³-hybridized carbons (Fsp3) is 0.828. The van der Waals surface area contributed by atoms with E-state index in [4.69, 9.17) is 9.47 Å². The van der Waals surface area contributed by atoms with Crippen LogP contribution in [0.5, 0.6) is 0 Å². The summed E-state index contributed by atoms with van der Waals surface area (Å²) in [6, 6.07) is 0. The SMILES string of the molecule is CCCCCCCCCOC(=O)CCC(=O)OCOC(=O)OCOC(=O)CCC(=O)OCCCCCCCCC. The van der Waals surface area contributed by atoms with Crippen LogP contribution in [0.4, 0.5) is 4.79 Å².